The summed E-state index contributed by atoms with van der Waals surface area (Å²) >= 11 is 0. The Morgan fingerprint density at radius 1 is 1.15 bits per heavy atom. The molecule has 0 unspecified atom stereocenters. The summed E-state index contributed by atoms with van der Waals surface area (Å²) in [5, 5.41) is 13.5. The zero-order valence-corrected chi connectivity index (χ0v) is 15.8. The number of pyridine rings is 1. The molecule has 0 saturated heterocycles. The van der Waals surface area contributed by atoms with Crippen LogP contribution in [0.25, 0.3) is 16.6 Å². The Bertz CT molecular complexity index is 1000. The van der Waals surface area contributed by atoms with Gasteiger partial charge in [0.15, 0.2) is 5.65 Å². The summed E-state index contributed by atoms with van der Waals surface area (Å²) in [4.78, 5) is 15.3. The van der Waals surface area contributed by atoms with Crippen molar-refractivity contribution in [1.82, 2.24) is 24.9 Å². The van der Waals surface area contributed by atoms with E-state index in [4.69, 9.17) is 0 Å². The van der Waals surface area contributed by atoms with Crippen LogP contribution in [0.2, 0.25) is 0 Å². The van der Waals surface area contributed by atoms with Crippen molar-refractivity contribution in [3.63, 3.8) is 0 Å². The van der Waals surface area contributed by atoms with Gasteiger partial charge in [-0.2, -0.15) is 4.52 Å². The summed E-state index contributed by atoms with van der Waals surface area (Å²) in [5.41, 5.74) is 4.01. The minimum Gasteiger partial charge on any atom is -0.335 e. The number of fused-ring (bicyclic) bond motifs is 3. The lowest BCUT2D eigenvalue weighted by atomic mass is 9.84. The van der Waals surface area contributed by atoms with Crippen LogP contribution in [0.5, 0.6) is 0 Å². The molecule has 0 N–H and O–H groups in total. The summed E-state index contributed by atoms with van der Waals surface area (Å²) in [5.74, 6) is 0.559. The Morgan fingerprint density at radius 2 is 1.96 bits per heavy atom. The number of amides is 1. The molecule has 2 aliphatic carbocycles. The molecule has 1 amide bonds. The quantitative estimate of drug-likeness (QED) is 0.710. The van der Waals surface area contributed by atoms with E-state index in [0.717, 1.165) is 47.8 Å². The first kappa shape index (κ1) is 16.7. The fourth-order valence-electron chi connectivity index (χ4n) is 4.58. The van der Waals surface area contributed by atoms with Gasteiger partial charge in [0.05, 0.1) is 5.52 Å². The summed E-state index contributed by atoms with van der Waals surface area (Å²) in [6.07, 6.45) is 7.94. The third-order valence-electron chi connectivity index (χ3n) is 6.34. The average molecular weight is 363 g/mol. The molecule has 0 spiro atoms. The van der Waals surface area contributed by atoms with Crippen molar-refractivity contribution in [2.75, 3.05) is 0 Å². The first-order valence-electron chi connectivity index (χ1n) is 10.1. The number of carbonyl (C=O) groups excluding carboxylic acids is 1. The highest BCUT2D eigenvalue weighted by Crippen LogP contribution is 2.33. The molecule has 2 heterocycles. The van der Waals surface area contributed by atoms with Gasteiger partial charge in [0.25, 0.3) is 0 Å². The predicted octanol–water partition coefficient (Wildman–Crippen LogP) is 3.66. The Morgan fingerprint density at radius 3 is 2.70 bits per heavy atom. The predicted molar refractivity (Wildman–Crippen MR) is 103 cm³/mol. The highest BCUT2D eigenvalue weighted by atomic mass is 16.2. The summed E-state index contributed by atoms with van der Waals surface area (Å²) < 4.78 is 1.81. The van der Waals surface area contributed by atoms with Crippen molar-refractivity contribution in [2.24, 2.45) is 5.92 Å². The first-order chi connectivity index (χ1) is 13.2. The van der Waals surface area contributed by atoms with Gasteiger partial charge >= 0.3 is 0 Å². The van der Waals surface area contributed by atoms with Gasteiger partial charge in [0.1, 0.15) is 0 Å². The molecule has 2 saturated carbocycles. The number of hydrogen-bond donors (Lipinski definition) is 0. The van der Waals surface area contributed by atoms with Crippen LogP contribution in [0, 0.1) is 12.8 Å². The highest BCUT2D eigenvalue weighted by molar-refractivity contribution is 5.84. The van der Waals surface area contributed by atoms with Crippen molar-refractivity contribution in [1.29, 1.82) is 0 Å². The van der Waals surface area contributed by atoms with E-state index in [-0.39, 0.29) is 5.92 Å². The molecule has 3 aromatic rings. The van der Waals surface area contributed by atoms with Crippen LogP contribution in [0.1, 0.15) is 56.1 Å². The van der Waals surface area contributed by atoms with E-state index >= 15 is 0 Å². The monoisotopic (exact) mass is 363 g/mol. The van der Waals surface area contributed by atoms with E-state index in [1.807, 2.05) is 4.52 Å². The molecule has 0 aliphatic heterocycles. The SMILES string of the molecule is Cc1ccc2c(c1)cc(CN(C(=O)C1CCC1)C1CCCC1)c1nnnn12. The van der Waals surface area contributed by atoms with Gasteiger partial charge in [-0.15, -0.1) is 5.10 Å². The maximum atomic E-state index is 13.2. The normalized spacial score (nSPS) is 18.3. The molecule has 6 heteroatoms. The summed E-state index contributed by atoms with van der Waals surface area (Å²) in [6, 6.07) is 8.83. The van der Waals surface area contributed by atoms with E-state index in [2.05, 4.69) is 51.6 Å². The molecule has 27 heavy (non-hydrogen) atoms. The number of hydrogen-bond acceptors (Lipinski definition) is 4. The lowest BCUT2D eigenvalue weighted by Crippen LogP contribution is -2.43. The van der Waals surface area contributed by atoms with Crippen molar-refractivity contribution < 1.29 is 4.79 Å². The Hall–Kier alpha value is -2.50. The second-order valence-corrected chi connectivity index (χ2v) is 8.18. The molecule has 5 rings (SSSR count). The fourth-order valence-corrected chi connectivity index (χ4v) is 4.58. The zero-order chi connectivity index (χ0) is 18.4. The van der Waals surface area contributed by atoms with Gasteiger partial charge in [-0.1, -0.05) is 30.9 Å². The number of tetrazole rings is 1. The number of aromatic nitrogens is 4. The largest absolute Gasteiger partial charge is 0.335 e. The van der Waals surface area contributed by atoms with Crippen molar-refractivity contribution >= 4 is 22.5 Å². The lowest BCUT2D eigenvalue weighted by Gasteiger charge is -2.35. The van der Waals surface area contributed by atoms with Gasteiger partial charge in [-0.3, -0.25) is 4.79 Å². The molecule has 6 nitrogen and oxygen atoms in total. The van der Waals surface area contributed by atoms with Gasteiger partial charge in [-0.25, -0.2) is 0 Å². The van der Waals surface area contributed by atoms with Gasteiger partial charge in [0, 0.05) is 29.5 Å². The molecule has 0 radical (unpaired) electrons. The number of nitrogens with zero attached hydrogens (tertiary/aromatic N) is 5. The van der Waals surface area contributed by atoms with Gasteiger partial charge in [0.2, 0.25) is 5.91 Å². The van der Waals surface area contributed by atoms with Gasteiger partial charge in [-0.05, 0) is 61.2 Å². The second-order valence-electron chi connectivity index (χ2n) is 8.18. The highest BCUT2D eigenvalue weighted by Gasteiger charge is 2.34. The van der Waals surface area contributed by atoms with E-state index in [1.165, 1.54) is 24.8 Å². The van der Waals surface area contributed by atoms with Crippen LogP contribution in [0.3, 0.4) is 0 Å². The Balaban J connectivity index is 1.57. The average Bonchev–Trinajstić information content (AvgIpc) is 3.29. The smallest absolute Gasteiger partial charge is 0.226 e. The zero-order valence-electron chi connectivity index (χ0n) is 15.8. The van der Waals surface area contributed by atoms with E-state index < -0.39 is 0 Å². The van der Waals surface area contributed by atoms with E-state index in [9.17, 15) is 4.79 Å². The second kappa shape index (κ2) is 6.59. The summed E-state index contributed by atoms with van der Waals surface area (Å²) in [6.45, 7) is 2.70. The van der Waals surface area contributed by atoms with Crippen molar-refractivity contribution in [3.05, 3.63) is 35.4 Å². The number of rotatable bonds is 4. The fraction of sp³-hybridized carbons (Fsp3) is 0.524. The molecular weight excluding hydrogens is 338 g/mol. The molecule has 2 aliphatic rings. The molecule has 0 bridgehead atoms. The van der Waals surface area contributed by atoms with E-state index in [1.54, 1.807) is 0 Å². The maximum absolute atomic E-state index is 13.2. The number of aryl methyl sites for hydroxylation is 1. The first-order valence-corrected chi connectivity index (χ1v) is 10.1. The molecule has 1 aromatic carbocycles. The minimum absolute atomic E-state index is 0.223. The third-order valence-corrected chi connectivity index (χ3v) is 6.34. The van der Waals surface area contributed by atoms with Crippen LogP contribution in [0.4, 0.5) is 0 Å². The van der Waals surface area contributed by atoms with Crippen LogP contribution >= 0.6 is 0 Å². The topological polar surface area (TPSA) is 63.4 Å². The molecule has 140 valence electrons. The number of carbonyl (C=O) groups is 1. The van der Waals surface area contributed by atoms with Crippen LogP contribution in [-0.4, -0.2) is 36.9 Å². The molecular formula is C21H25N5O. The van der Waals surface area contributed by atoms with Crippen molar-refractivity contribution in [3.8, 4) is 0 Å². The van der Waals surface area contributed by atoms with E-state index in [0.29, 0.717) is 18.5 Å². The standard InChI is InChI=1S/C21H25N5O/c1-14-9-10-19-16(11-14)12-17(20-22-23-24-26(19)20)13-25(18-7-2-3-8-18)21(27)15-5-4-6-15/h9-12,15,18H,2-8,13H2,1H3. The lowest BCUT2D eigenvalue weighted by molar-refractivity contribution is -0.141. The van der Waals surface area contributed by atoms with Crippen LogP contribution < -0.4 is 0 Å². The third kappa shape index (κ3) is 2.87. The molecule has 2 fully saturated rings. The number of benzene rings is 1. The molecule has 0 atom stereocenters. The minimum atomic E-state index is 0.223. The molecule has 2 aromatic heterocycles. The van der Waals surface area contributed by atoms with Crippen LogP contribution in [0.15, 0.2) is 24.3 Å². The van der Waals surface area contributed by atoms with Crippen LogP contribution in [-0.2, 0) is 11.3 Å². The maximum Gasteiger partial charge on any atom is 0.226 e. The summed E-state index contributed by atoms with van der Waals surface area (Å²) in [7, 11) is 0. The van der Waals surface area contributed by atoms with Crippen molar-refractivity contribution in [2.45, 2.75) is 64.5 Å². The van der Waals surface area contributed by atoms with Gasteiger partial charge < -0.3 is 4.90 Å². The Labute approximate surface area is 158 Å². The Kier molecular flexibility index (Phi) is 4.06.